The number of hydrogen-bond donors (Lipinski definition) is 1. The van der Waals surface area contributed by atoms with E-state index in [1.54, 1.807) is 40.9 Å². The maximum absolute atomic E-state index is 13.0. The maximum Gasteiger partial charge on any atom is 0.255 e. The zero-order valence-corrected chi connectivity index (χ0v) is 15.2. The number of nitrogens with zero attached hydrogens (tertiary/aromatic N) is 2. The number of nitrogens with two attached hydrogens (primary N) is 1. The average Bonchev–Trinajstić information content (AvgIpc) is 3.20. The lowest BCUT2D eigenvalue weighted by Gasteiger charge is -2.29. The number of rotatable bonds is 3. The fraction of sp³-hybridized carbons (Fsp3) is 0.529. The largest absolute Gasteiger partial charge is 0.338 e. The molecule has 2 aliphatic heterocycles. The zero-order valence-electron chi connectivity index (χ0n) is 13.7. The van der Waals surface area contributed by atoms with E-state index in [1.807, 2.05) is 4.90 Å². The van der Waals surface area contributed by atoms with E-state index in [0.717, 1.165) is 6.42 Å². The SMILES string of the molecule is CC1CC(CN)CN1C(=O)C1CSCN1C(=O)c1ccc(Cl)cc1. The van der Waals surface area contributed by atoms with Crippen LogP contribution in [0.25, 0.3) is 0 Å². The van der Waals surface area contributed by atoms with Crippen molar-refractivity contribution in [2.24, 2.45) is 11.7 Å². The normalized spacial score (nSPS) is 26.9. The summed E-state index contributed by atoms with van der Waals surface area (Å²) in [6.45, 7) is 3.35. The minimum atomic E-state index is -0.392. The first-order valence-electron chi connectivity index (χ1n) is 8.16. The molecule has 2 amide bonds. The lowest BCUT2D eigenvalue weighted by Crippen LogP contribution is -2.50. The fourth-order valence-electron chi connectivity index (χ4n) is 3.42. The Bertz CT molecular complexity index is 625. The molecule has 5 nitrogen and oxygen atoms in total. The van der Waals surface area contributed by atoms with Crippen LogP contribution in [-0.4, -0.2) is 58.4 Å². The highest BCUT2D eigenvalue weighted by atomic mass is 35.5. The van der Waals surface area contributed by atoms with Crippen LogP contribution in [0, 0.1) is 5.92 Å². The van der Waals surface area contributed by atoms with Gasteiger partial charge in [0, 0.05) is 28.9 Å². The third-order valence-electron chi connectivity index (χ3n) is 4.80. The second kappa shape index (κ2) is 7.33. The number of amides is 2. The van der Waals surface area contributed by atoms with Crippen molar-refractivity contribution in [1.29, 1.82) is 0 Å². The van der Waals surface area contributed by atoms with Crippen LogP contribution in [0.15, 0.2) is 24.3 Å². The molecule has 7 heteroatoms. The van der Waals surface area contributed by atoms with Gasteiger partial charge in [-0.05, 0) is 50.1 Å². The second-order valence-electron chi connectivity index (χ2n) is 6.47. The molecule has 3 rings (SSSR count). The van der Waals surface area contributed by atoms with Gasteiger partial charge in [-0.3, -0.25) is 9.59 Å². The molecule has 1 aromatic rings. The molecule has 2 fully saturated rings. The summed E-state index contributed by atoms with van der Waals surface area (Å²) in [5, 5.41) is 0.591. The second-order valence-corrected chi connectivity index (χ2v) is 7.91. The Morgan fingerprint density at radius 2 is 2.00 bits per heavy atom. The first-order valence-corrected chi connectivity index (χ1v) is 9.69. The highest BCUT2D eigenvalue weighted by Gasteiger charge is 2.41. The van der Waals surface area contributed by atoms with Crippen molar-refractivity contribution in [3.8, 4) is 0 Å². The minimum absolute atomic E-state index is 0.0470. The molecule has 2 heterocycles. The van der Waals surface area contributed by atoms with Crippen LogP contribution in [0.5, 0.6) is 0 Å². The topological polar surface area (TPSA) is 66.6 Å². The maximum atomic E-state index is 13.0. The van der Waals surface area contributed by atoms with Gasteiger partial charge in [0.1, 0.15) is 6.04 Å². The lowest BCUT2D eigenvalue weighted by molar-refractivity contribution is -0.135. The Morgan fingerprint density at radius 1 is 1.29 bits per heavy atom. The van der Waals surface area contributed by atoms with Gasteiger partial charge in [0.2, 0.25) is 5.91 Å². The van der Waals surface area contributed by atoms with Crippen LogP contribution in [0.2, 0.25) is 5.02 Å². The molecular weight excluding hydrogens is 346 g/mol. The number of likely N-dealkylation sites (tertiary alicyclic amines) is 1. The number of benzene rings is 1. The molecule has 0 bridgehead atoms. The average molecular weight is 368 g/mol. The predicted octanol–water partition coefficient (Wildman–Crippen LogP) is 2.05. The van der Waals surface area contributed by atoms with Gasteiger partial charge in [-0.2, -0.15) is 0 Å². The van der Waals surface area contributed by atoms with Gasteiger partial charge in [-0.1, -0.05) is 11.6 Å². The molecule has 24 heavy (non-hydrogen) atoms. The number of hydrogen-bond acceptors (Lipinski definition) is 4. The van der Waals surface area contributed by atoms with Crippen LogP contribution in [0.3, 0.4) is 0 Å². The lowest BCUT2D eigenvalue weighted by atomic mass is 10.1. The Kier molecular flexibility index (Phi) is 5.37. The van der Waals surface area contributed by atoms with Crippen LogP contribution in [0.4, 0.5) is 0 Å². The number of carbonyl (C=O) groups is 2. The molecule has 2 N–H and O–H groups in total. The number of carbonyl (C=O) groups excluding carboxylic acids is 2. The standard InChI is InChI=1S/C17H22ClN3O2S/c1-11-6-12(7-19)8-20(11)17(23)15-9-24-10-21(15)16(22)13-2-4-14(18)5-3-13/h2-5,11-12,15H,6-10,19H2,1H3. The summed E-state index contributed by atoms with van der Waals surface area (Å²) in [4.78, 5) is 29.3. The molecule has 3 unspecified atom stereocenters. The van der Waals surface area contributed by atoms with E-state index < -0.39 is 6.04 Å². The monoisotopic (exact) mass is 367 g/mol. The van der Waals surface area contributed by atoms with Crippen molar-refractivity contribution in [2.45, 2.75) is 25.4 Å². The molecule has 0 radical (unpaired) electrons. The van der Waals surface area contributed by atoms with Gasteiger partial charge in [0.05, 0.1) is 5.88 Å². The van der Waals surface area contributed by atoms with Crippen molar-refractivity contribution in [1.82, 2.24) is 9.80 Å². The van der Waals surface area contributed by atoms with Crippen molar-refractivity contribution < 1.29 is 9.59 Å². The highest BCUT2D eigenvalue weighted by Crippen LogP contribution is 2.29. The third kappa shape index (κ3) is 3.41. The molecule has 2 saturated heterocycles. The van der Waals surface area contributed by atoms with Gasteiger partial charge < -0.3 is 15.5 Å². The third-order valence-corrected chi connectivity index (χ3v) is 6.06. The molecule has 0 spiro atoms. The molecule has 130 valence electrons. The van der Waals surface area contributed by atoms with E-state index in [2.05, 4.69) is 6.92 Å². The predicted molar refractivity (Wildman–Crippen MR) is 97.1 cm³/mol. The fourth-order valence-corrected chi connectivity index (χ4v) is 4.69. The van der Waals surface area contributed by atoms with E-state index >= 15 is 0 Å². The quantitative estimate of drug-likeness (QED) is 0.887. The van der Waals surface area contributed by atoms with Gasteiger partial charge in [-0.25, -0.2) is 0 Å². The Balaban J connectivity index is 1.74. The Hall–Kier alpha value is -1.24. The Labute approximate surface area is 151 Å². The van der Waals surface area contributed by atoms with E-state index in [1.165, 1.54) is 0 Å². The van der Waals surface area contributed by atoms with Crippen LogP contribution in [-0.2, 0) is 4.79 Å². The number of thioether (sulfide) groups is 1. The minimum Gasteiger partial charge on any atom is -0.338 e. The van der Waals surface area contributed by atoms with Gasteiger partial charge in [0.25, 0.3) is 5.91 Å². The summed E-state index contributed by atoms with van der Waals surface area (Å²) in [7, 11) is 0. The Morgan fingerprint density at radius 3 is 2.62 bits per heavy atom. The van der Waals surface area contributed by atoms with Crippen LogP contribution >= 0.6 is 23.4 Å². The van der Waals surface area contributed by atoms with Gasteiger partial charge in [0.15, 0.2) is 0 Å². The summed E-state index contributed by atoms with van der Waals surface area (Å²) in [6, 6.07) is 6.60. The molecule has 0 aromatic heterocycles. The van der Waals surface area contributed by atoms with E-state index in [-0.39, 0.29) is 17.9 Å². The van der Waals surface area contributed by atoms with Crippen LogP contribution in [0.1, 0.15) is 23.7 Å². The number of halogens is 1. The molecule has 2 aliphatic rings. The summed E-state index contributed by atoms with van der Waals surface area (Å²) in [5.41, 5.74) is 6.32. The molecular formula is C17H22ClN3O2S. The van der Waals surface area contributed by atoms with E-state index in [9.17, 15) is 9.59 Å². The molecule has 1 aromatic carbocycles. The zero-order chi connectivity index (χ0) is 17.3. The van der Waals surface area contributed by atoms with E-state index in [4.69, 9.17) is 17.3 Å². The highest BCUT2D eigenvalue weighted by molar-refractivity contribution is 7.99. The van der Waals surface area contributed by atoms with E-state index in [0.29, 0.717) is 41.2 Å². The summed E-state index contributed by atoms with van der Waals surface area (Å²) in [6.07, 6.45) is 0.938. The van der Waals surface area contributed by atoms with Crippen molar-refractivity contribution >= 4 is 35.2 Å². The van der Waals surface area contributed by atoms with Crippen molar-refractivity contribution in [3.63, 3.8) is 0 Å². The summed E-state index contributed by atoms with van der Waals surface area (Å²) >= 11 is 7.50. The van der Waals surface area contributed by atoms with Crippen LogP contribution < -0.4 is 5.73 Å². The first-order chi connectivity index (χ1) is 11.5. The summed E-state index contributed by atoms with van der Waals surface area (Å²) in [5.74, 6) is 1.48. The van der Waals surface area contributed by atoms with Crippen molar-refractivity contribution in [2.75, 3.05) is 24.7 Å². The van der Waals surface area contributed by atoms with Gasteiger partial charge >= 0.3 is 0 Å². The van der Waals surface area contributed by atoms with Gasteiger partial charge in [-0.15, -0.1) is 11.8 Å². The van der Waals surface area contributed by atoms with Crippen molar-refractivity contribution in [3.05, 3.63) is 34.9 Å². The molecule has 3 atom stereocenters. The first kappa shape index (κ1) is 17.6. The molecule has 0 aliphatic carbocycles. The summed E-state index contributed by atoms with van der Waals surface area (Å²) < 4.78 is 0. The molecule has 0 saturated carbocycles. The smallest absolute Gasteiger partial charge is 0.255 e.